The number of fused-ring (bicyclic) bond motifs is 1. The molecule has 0 saturated carbocycles. The zero-order chi connectivity index (χ0) is 15.1. The standard InChI is InChI=1S/C14H11BrF2N4/c1-7-13-14(20-21(7)2)12(17)11(6-18-13)19-10-4-3-8(15)5-9(10)16/h3-6,19H,1-2H3. The van der Waals surface area contributed by atoms with Gasteiger partial charge in [-0.1, -0.05) is 15.9 Å². The molecule has 7 heteroatoms. The third kappa shape index (κ3) is 2.37. The van der Waals surface area contributed by atoms with Gasteiger partial charge in [0, 0.05) is 11.5 Å². The van der Waals surface area contributed by atoms with Crippen LogP contribution in [0.1, 0.15) is 5.69 Å². The number of pyridine rings is 1. The van der Waals surface area contributed by atoms with E-state index in [1.54, 1.807) is 17.8 Å². The maximum Gasteiger partial charge on any atom is 0.177 e. The summed E-state index contributed by atoms with van der Waals surface area (Å²) in [7, 11) is 1.72. The van der Waals surface area contributed by atoms with E-state index in [1.165, 1.54) is 18.3 Å². The van der Waals surface area contributed by atoms with Gasteiger partial charge in [-0.2, -0.15) is 5.10 Å². The zero-order valence-corrected chi connectivity index (χ0v) is 12.9. The first-order valence-corrected chi connectivity index (χ1v) is 6.96. The Morgan fingerprint density at radius 2 is 1.95 bits per heavy atom. The summed E-state index contributed by atoms with van der Waals surface area (Å²) in [6.07, 6.45) is 1.34. The summed E-state index contributed by atoms with van der Waals surface area (Å²) in [6.45, 7) is 1.81. The first kappa shape index (κ1) is 13.9. The number of aryl methyl sites for hydroxylation is 2. The molecular formula is C14H11BrF2N4. The van der Waals surface area contributed by atoms with Crippen molar-refractivity contribution in [2.75, 3.05) is 5.32 Å². The van der Waals surface area contributed by atoms with Crippen molar-refractivity contribution in [3.8, 4) is 0 Å². The fourth-order valence-electron chi connectivity index (χ4n) is 2.04. The molecular weight excluding hydrogens is 342 g/mol. The van der Waals surface area contributed by atoms with Crippen LogP contribution >= 0.6 is 15.9 Å². The number of aromatic nitrogens is 3. The Balaban J connectivity index is 2.07. The molecule has 0 aliphatic rings. The molecule has 0 radical (unpaired) electrons. The quantitative estimate of drug-likeness (QED) is 0.756. The molecule has 3 rings (SSSR count). The van der Waals surface area contributed by atoms with Crippen LogP contribution in [0, 0.1) is 18.6 Å². The molecule has 4 nitrogen and oxygen atoms in total. The number of rotatable bonds is 2. The van der Waals surface area contributed by atoms with Crippen molar-refractivity contribution in [3.05, 3.63) is 46.2 Å². The molecule has 108 valence electrons. The van der Waals surface area contributed by atoms with Crippen LogP contribution in [0.5, 0.6) is 0 Å². The molecule has 1 aromatic carbocycles. The van der Waals surface area contributed by atoms with Crippen LogP contribution in [0.25, 0.3) is 11.0 Å². The first-order chi connectivity index (χ1) is 9.97. The van der Waals surface area contributed by atoms with Gasteiger partial charge in [0.05, 0.1) is 23.3 Å². The Morgan fingerprint density at radius 3 is 2.67 bits per heavy atom. The van der Waals surface area contributed by atoms with Gasteiger partial charge in [-0.05, 0) is 25.1 Å². The summed E-state index contributed by atoms with van der Waals surface area (Å²) < 4.78 is 30.4. The van der Waals surface area contributed by atoms with Crippen LogP contribution < -0.4 is 5.32 Å². The van der Waals surface area contributed by atoms with Crippen molar-refractivity contribution in [1.29, 1.82) is 0 Å². The van der Waals surface area contributed by atoms with Crippen LogP contribution in [0.4, 0.5) is 20.2 Å². The predicted molar refractivity (Wildman–Crippen MR) is 80.6 cm³/mol. The summed E-state index contributed by atoms with van der Waals surface area (Å²) >= 11 is 3.17. The van der Waals surface area contributed by atoms with Crippen molar-refractivity contribution >= 4 is 38.3 Å². The lowest BCUT2D eigenvalue weighted by Gasteiger charge is -2.08. The van der Waals surface area contributed by atoms with Gasteiger partial charge >= 0.3 is 0 Å². The summed E-state index contributed by atoms with van der Waals surface area (Å²) in [5, 5.41) is 6.79. The van der Waals surface area contributed by atoms with Crippen LogP contribution in [-0.4, -0.2) is 14.8 Å². The minimum absolute atomic E-state index is 0.0850. The second-order valence-corrected chi connectivity index (χ2v) is 5.56. The smallest absolute Gasteiger partial charge is 0.177 e. The lowest BCUT2D eigenvalue weighted by atomic mass is 10.2. The van der Waals surface area contributed by atoms with Crippen LogP contribution in [-0.2, 0) is 7.05 Å². The number of halogens is 3. The molecule has 0 aliphatic heterocycles. The summed E-state index contributed by atoms with van der Waals surface area (Å²) in [5.41, 5.74) is 1.69. The SMILES string of the molecule is Cc1c2ncc(Nc3ccc(Br)cc3F)c(F)c2nn1C. The molecule has 0 amide bonds. The fourth-order valence-corrected chi connectivity index (χ4v) is 2.37. The van der Waals surface area contributed by atoms with E-state index in [-0.39, 0.29) is 16.9 Å². The molecule has 0 saturated heterocycles. The van der Waals surface area contributed by atoms with Gasteiger partial charge in [0.25, 0.3) is 0 Å². The van der Waals surface area contributed by atoms with E-state index in [2.05, 4.69) is 31.3 Å². The number of nitrogens with one attached hydrogen (secondary N) is 1. The molecule has 21 heavy (non-hydrogen) atoms. The average Bonchev–Trinajstić information content (AvgIpc) is 2.73. The highest BCUT2D eigenvalue weighted by Gasteiger charge is 2.15. The number of anilines is 2. The maximum absolute atomic E-state index is 14.4. The molecule has 2 aromatic heterocycles. The Labute approximate surface area is 127 Å². The van der Waals surface area contributed by atoms with Gasteiger partial charge in [-0.3, -0.25) is 9.67 Å². The van der Waals surface area contributed by atoms with Gasteiger partial charge in [0.15, 0.2) is 5.82 Å². The van der Waals surface area contributed by atoms with Crippen molar-refractivity contribution < 1.29 is 8.78 Å². The van der Waals surface area contributed by atoms with Gasteiger partial charge < -0.3 is 5.32 Å². The van der Waals surface area contributed by atoms with Gasteiger partial charge in [0.1, 0.15) is 16.9 Å². The second kappa shape index (κ2) is 5.07. The Hall–Kier alpha value is -2.02. The Bertz CT molecular complexity index is 845. The van der Waals surface area contributed by atoms with Crippen LogP contribution in [0.15, 0.2) is 28.9 Å². The van der Waals surface area contributed by atoms with E-state index in [4.69, 9.17) is 0 Å². The molecule has 0 bridgehead atoms. The largest absolute Gasteiger partial charge is 0.349 e. The zero-order valence-electron chi connectivity index (χ0n) is 11.3. The number of hydrogen-bond donors (Lipinski definition) is 1. The molecule has 2 heterocycles. The van der Waals surface area contributed by atoms with Crippen molar-refractivity contribution in [2.45, 2.75) is 6.92 Å². The van der Waals surface area contributed by atoms with Gasteiger partial charge in [-0.25, -0.2) is 8.78 Å². The Morgan fingerprint density at radius 1 is 1.19 bits per heavy atom. The van der Waals surface area contributed by atoms with E-state index in [1.807, 2.05) is 6.92 Å². The van der Waals surface area contributed by atoms with E-state index in [9.17, 15) is 8.78 Å². The minimum atomic E-state index is -0.550. The lowest BCUT2D eigenvalue weighted by Crippen LogP contribution is -1.98. The molecule has 0 atom stereocenters. The Kier molecular flexibility index (Phi) is 3.36. The van der Waals surface area contributed by atoms with Crippen molar-refractivity contribution in [3.63, 3.8) is 0 Å². The number of nitrogens with zero attached hydrogens (tertiary/aromatic N) is 3. The molecule has 1 N–H and O–H groups in total. The highest BCUT2D eigenvalue weighted by Crippen LogP contribution is 2.28. The van der Waals surface area contributed by atoms with Gasteiger partial charge in [-0.15, -0.1) is 0 Å². The average molecular weight is 353 g/mol. The number of hydrogen-bond acceptors (Lipinski definition) is 3. The molecule has 0 fully saturated rings. The topological polar surface area (TPSA) is 42.7 Å². The van der Waals surface area contributed by atoms with Crippen molar-refractivity contribution in [1.82, 2.24) is 14.8 Å². The summed E-state index contributed by atoms with van der Waals surface area (Å²) in [4.78, 5) is 4.19. The van der Waals surface area contributed by atoms with E-state index >= 15 is 0 Å². The van der Waals surface area contributed by atoms with E-state index in [0.29, 0.717) is 9.99 Å². The minimum Gasteiger partial charge on any atom is -0.349 e. The van der Waals surface area contributed by atoms with E-state index in [0.717, 1.165) is 5.69 Å². The molecule has 0 aliphatic carbocycles. The van der Waals surface area contributed by atoms with Crippen molar-refractivity contribution in [2.24, 2.45) is 7.05 Å². The molecule has 0 spiro atoms. The second-order valence-electron chi connectivity index (χ2n) is 4.64. The normalized spacial score (nSPS) is 11.1. The third-order valence-corrected chi connectivity index (χ3v) is 3.76. The predicted octanol–water partition coefficient (Wildman–Crippen LogP) is 4.06. The first-order valence-electron chi connectivity index (χ1n) is 6.17. The van der Waals surface area contributed by atoms with Crippen LogP contribution in [0.3, 0.4) is 0 Å². The summed E-state index contributed by atoms with van der Waals surface area (Å²) in [6, 6.07) is 4.49. The van der Waals surface area contributed by atoms with E-state index < -0.39 is 11.6 Å². The fraction of sp³-hybridized carbons (Fsp3) is 0.143. The highest BCUT2D eigenvalue weighted by atomic mass is 79.9. The maximum atomic E-state index is 14.4. The lowest BCUT2D eigenvalue weighted by molar-refractivity contribution is 0.626. The third-order valence-electron chi connectivity index (χ3n) is 3.27. The monoisotopic (exact) mass is 352 g/mol. The molecule has 0 unspecified atom stereocenters. The van der Waals surface area contributed by atoms with Gasteiger partial charge in [0.2, 0.25) is 0 Å². The molecule has 3 aromatic rings. The van der Waals surface area contributed by atoms with Crippen LogP contribution in [0.2, 0.25) is 0 Å². The number of benzene rings is 1. The highest BCUT2D eigenvalue weighted by molar-refractivity contribution is 9.10. The summed E-state index contributed by atoms with van der Waals surface area (Å²) in [5.74, 6) is -1.04.